The highest BCUT2D eigenvalue weighted by Crippen LogP contribution is 2.48. The number of rotatable bonds is 12. The second-order valence-corrected chi connectivity index (χ2v) is 12.3. The molecular formula is C36H32N2O8S. The van der Waals surface area contributed by atoms with Gasteiger partial charge < -0.3 is 10.2 Å². The van der Waals surface area contributed by atoms with Gasteiger partial charge in [0.1, 0.15) is 0 Å². The normalized spacial score (nSPS) is 11.5. The van der Waals surface area contributed by atoms with E-state index >= 15 is 0 Å². The number of hydrogen-bond acceptors (Lipinski definition) is 7. The highest BCUT2D eigenvalue weighted by atomic mass is 32.2. The zero-order valence-electron chi connectivity index (χ0n) is 26.0. The van der Waals surface area contributed by atoms with E-state index in [2.05, 4.69) is 0 Å². The second kappa shape index (κ2) is 14.7. The van der Waals surface area contributed by atoms with Crippen molar-refractivity contribution in [1.82, 2.24) is 0 Å². The van der Waals surface area contributed by atoms with Crippen molar-refractivity contribution in [3.05, 3.63) is 127 Å². The van der Waals surface area contributed by atoms with Crippen molar-refractivity contribution in [2.45, 2.75) is 49.3 Å². The molecule has 4 rings (SSSR count). The van der Waals surface area contributed by atoms with E-state index in [0.717, 1.165) is 35.0 Å². The average molecular weight is 653 g/mol. The van der Waals surface area contributed by atoms with Crippen LogP contribution in [0.15, 0.2) is 94.7 Å². The van der Waals surface area contributed by atoms with Crippen LogP contribution in [-0.4, -0.2) is 32.0 Å². The Morgan fingerprint density at radius 2 is 0.979 bits per heavy atom. The topological polar surface area (TPSA) is 161 Å². The molecule has 0 bridgehead atoms. The van der Waals surface area contributed by atoms with Gasteiger partial charge in [0.2, 0.25) is 0 Å². The van der Waals surface area contributed by atoms with Gasteiger partial charge in [-0.3, -0.25) is 20.2 Å². The van der Waals surface area contributed by atoms with Crippen molar-refractivity contribution in [3.8, 4) is 22.3 Å². The molecule has 4 aromatic carbocycles. The Balaban J connectivity index is 2.02. The highest BCUT2D eigenvalue weighted by molar-refractivity contribution is 7.99. The molecular weight excluding hydrogens is 620 g/mol. The number of benzene rings is 4. The van der Waals surface area contributed by atoms with Gasteiger partial charge in [-0.25, -0.2) is 9.59 Å². The first-order valence-corrected chi connectivity index (χ1v) is 15.4. The van der Waals surface area contributed by atoms with E-state index in [-0.39, 0.29) is 32.8 Å². The molecule has 10 nitrogen and oxygen atoms in total. The molecule has 0 atom stereocenters. The summed E-state index contributed by atoms with van der Waals surface area (Å²) in [5.74, 6) is -2.50. The predicted octanol–water partition coefficient (Wildman–Crippen LogP) is 9.43. The van der Waals surface area contributed by atoms with Crippen LogP contribution in [0.4, 0.5) is 11.4 Å². The molecule has 0 saturated heterocycles. The van der Waals surface area contributed by atoms with E-state index < -0.39 is 33.2 Å². The summed E-state index contributed by atoms with van der Waals surface area (Å²) in [6.45, 7) is 7.90. The summed E-state index contributed by atoms with van der Waals surface area (Å²) in [7, 11) is 0. The number of aliphatic carboxylic acids is 2. The van der Waals surface area contributed by atoms with Crippen molar-refractivity contribution >= 4 is 47.2 Å². The van der Waals surface area contributed by atoms with Crippen LogP contribution in [0.5, 0.6) is 0 Å². The molecule has 0 aliphatic carbocycles. The SMILES string of the molecule is CC(C)c1ccccc1-c1ccc(Sc2ccc(-c3ccccc3C(C)C)c(C=CC(=O)O)c2[N+](=O)[O-])c([N+](=O)[O-])c1C=CC(=O)O. The number of nitrogens with zero attached hydrogens (tertiary/aromatic N) is 2. The van der Waals surface area contributed by atoms with Crippen LogP contribution < -0.4 is 0 Å². The summed E-state index contributed by atoms with van der Waals surface area (Å²) in [5.41, 5.74) is 3.26. The van der Waals surface area contributed by atoms with E-state index in [9.17, 15) is 40.0 Å². The summed E-state index contributed by atoms with van der Waals surface area (Å²) < 4.78 is 0. The van der Waals surface area contributed by atoms with Crippen LogP contribution in [-0.2, 0) is 9.59 Å². The van der Waals surface area contributed by atoms with Gasteiger partial charge >= 0.3 is 11.9 Å². The molecule has 0 aliphatic rings. The number of carboxylic acids is 2. The molecule has 240 valence electrons. The Morgan fingerprint density at radius 1 is 0.617 bits per heavy atom. The predicted molar refractivity (Wildman–Crippen MR) is 183 cm³/mol. The third-order valence-corrected chi connectivity index (χ3v) is 8.57. The third kappa shape index (κ3) is 7.64. The number of hydrogen-bond donors (Lipinski definition) is 2. The second-order valence-electron chi connectivity index (χ2n) is 11.2. The minimum absolute atomic E-state index is 0.0339. The van der Waals surface area contributed by atoms with Gasteiger partial charge in [0.05, 0.1) is 30.8 Å². The number of carbonyl (C=O) groups is 2. The van der Waals surface area contributed by atoms with Gasteiger partial charge in [-0.15, -0.1) is 0 Å². The van der Waals surface area contributed by atoms with Gasteiger partial charge in [0, 0.05) is 12.2 Å². The lowest BCUT2D eigenvalue weighted by atomic mass is 9.89. The molecule has 47 heavy (non-hydrogen) atoms. The van der Waals surface area contributed by atoms with Crippen molar-refractivity contribution in [2.24, 2.45) is 0 Å². The monoisotopic (exact) mass is 652 g/mol. The fourth-order valence-electron chi connectivity index (χ4n) is 5.44. The standard InChI is InChI=1S/C36H32N2O8S/c1-21(2)23-9-5-7-11-25(23)27-13-17-31(35(37(43)44)29(27)15-19-33(39)40)47-32-18-14-28(26-12-8-6-10-24(26)22(3)4)30(16-20-34(41)42)36(32)38(45)46/h5-22H,1-4H3,(H,39,40)(H,41,42). The van der Waals surface area contributed by atoms with E-state index in [1.807, 2.05) is 52.0 Å². The lowest BCUT2D eigenvalue weighted by Gasteiger charge is -2.17. The lowest BCUT2D eigenvalue weighted by Crippen LogP contribution is -2.02. The summed E-state index contributed by atoms with van der Waals surface area (Å²) in [5, 5.41) is 44.2. The molecule has 0 spiro atoms. The third-order valence-electron chi connectivity index (χ3n) is 7.48. The molecule has 0 aromatic heterocycles. The van der Waals surface area contributed by atoms with Crippen molar-refractivity contribution in [1.29, 1.82) is 0 Å². The Morgan fingerprint density at radius 3 is 1.30 bits per heavy atom. The Hall–Kier alpha value is -5.55. The molecule has 0 saturated carbocycles. The van der Waals surface area contributed by atoms with Crippen LogP contribution >= 0.6 is 11.8 Å². The van der Waals surface area contributed by atoms with Gasteiger partial charge in [-0.1, -0.05) is 100 Å². The first kappa shape index (κ1) is 34.3. The zero-order chi connectivity index (χ0) is 34.4. The highest BCUT2D eigenvalue weighted by Gasteiger charge is 2.29. The smallest absolute Gasteiger partial charge is 0.328 e. The molecule has 11 heteroatoms. The maximum atomic E-state index is 12.7. The largest absolute Gasteiger partial charge is 0.478 e. The average Bonchev–Trinajstić information content (AvgIpc) is 3.02. The fourth-order valence-corrected chi connectivity index (χ4v) is 6.52. The molecule has 0 amide bonds. The molecule has 0 fully saturated rings. The Labute approximate surface area is 275 Å². The van der Waals surface area contributed by atoms with Gasteiger partial charge in [-0.2, -0.15) is 0 Å². The lowest BCUT2D eigenvalue weighted by molar-refractivity contribution is -0.388. The Kier molecular flexibility index (Phi) is 10.7. The minimum Gasteiger partial charge on any atom is -0.478 e. The summed E-state index contributed by atoms with van der Waals surface area (Å²) in [6, 6.07) is 20.9. The Bertz CT molecular complexity index is 1810. The molecule has 0 aliphatic heterocycles. The van der Waals surface area contributed by atoms with Crippen LogP contribution in [0.3, 0.4) is 0 Å². The zero-order valence-corrected chi connectivity index (χ0v) is 26.9. The number of nitro groups is 2. The molecule has 2 N–H and O–H groups in total. The molecule has 0 unspecified atom stereocenters. The maximum Gasteiger partial charge on any atom is 0.328 e. The summed E-state index contributed by atoms with van der Waals surface area (Å²) >= 11 is 0.777. The maximum absolute atomic E-state index is 12.7. The van der Waals surface area contributed by atoms with Crippen LogP contribution in [0.2, 0.25) is 0 Å². The molecule has 0 radical (unpaired) electrons. The van der Waals surface area contributed by atoms with Crippen molar-refractivity contribution in [3.63, 3.8) is 0 Å². The van der Waals surface area contributed by atoms with Crippen molar-refractivity contribution in [2.75, 3.05) is 0 Å². The van der Waals surface area contributed by atoms with Gasteiger partial charge in [0.15, 0.2) is 0 Å². The van der Waals surface area contributed by atoms with Crippen LogP contribution in [0, 0.1) is 20.2 Å². The van der Waals surface area contributed by atoms with Crippen LogP contribution in [0.1, 0.15) is 61.8 Å². The summed E-state index contributed by atoms with van der Waals surface area (Å²) in [6.07, 6.45) is 3.96. The van der Waals surface area contributed by atoms with Gasteiger partial charge in [-0.05, 0) is 69.5 Å². The fraction of sp³-hybridized carbons (Fsp3) is 0.167. The van der Waals surface area contributed by atoms with Crippen LogP contribution in [0.25, 0.3) is 34.4 Å². The van der Waals surface area contributed by atoms with E-state index in [0.29, 0.717) is 22.3 Å². The van der Waals surface area contributed by atoms with E-state index in [1.54, 1.807) is 36.4 Å². The summed E-state index contributed by atoms with van der Waals surface area (Å²) in [4.78, 5) is 47.3. The quantitative estimate of drug-likeness (QED) is 0.0862. The number of carboxylic acid groups (broad SMARTS) is 2. The molecule has 4 aromatic rings. The van der Waals surface area contributed by atoms with Gasteiger partial charge in [0.25, 0.3) is 11.4 Å². The minimum atomic E-state index is -1.30. The van der Waals surface area contributed by atoms with Crippen molar-refractivity contribution < 1.29 is 29.6 Å². The first-order valence-electron chi connectivity index (χ1n) is 14.6. The number of nitro benzene ring substituents is 2. The van der Waals surface area contributed by atoms with E-state index in [4.69, 9.17) is 0 Å². The van der Waals surface area contributed by atoms with E-state index in [1.165, 1.54) is 24.3 Å². The first-order chi connectivity index (χ1) is 22.3. The molecule has 0 heterocycles.